The predicted octanol–water partition coefficient (Wildman–Crippen LogP) is 0.674. The quantitative estimate of drug-likeness (QED) is 0.818. The molecule has 0 bridgehead atoms. The number of halogens is 1. The van der Waals surface area contributed by atoms with Crippen molar-refractivity contribution in [1.29, 1.82) is 0 Å². The van der Waals surface area contributed by atoms with Crippen LogP contribution in [0.3, 0.4) is 0 Å². The van der Waals surface area contributed by atoms with Crippen molar-refractivity contribution in [2.45, 2.75) is 19.1 Å². The minimum absolute atomic E-state index is 0.0334. The molecule has 0 N–H and O–H groups in total. The van der Waals surface area contributed by atoms with Crippen molar-refractivity contribution in [2.24, 2.45) is 7.05 Å². The topological polar surface area (TPSA) is 56.6 Å². The van der Waals surface area contributed by atoms with Gasteiger partial charge < -0.3 is 14.4 Å². The largest absolute Gasteiger partial charge is 0.382 e. The van der Waals surface area contributed by atoms with E-state index in [9.17, 15) is 4.79 Å². The zero-order chi connectivity index (χ0) is 14.0. The van der Waals surface area contributed by atoms with Crippen LogP contribution < -0.4 is 10.5 Å². The summed E-state index contributed by atoms with van der Waals surface area (Å²) >= 11 is 6.12. The summed E-state index contributed by atoms with van der Waals surface area (Å²) in [6, 6.07) is 0. The highest BCUT2D eigenvalue weighted by atomic mass is 35.5. The molecule has 1 aliphatic heterocycles. The molecule has 106 valence electrons. The fourth-order valence-electron chi connectivity index (χ4n) is 2.24. The van der Waals surface area contributed by atoms with Crippen molar-refractivity contribution in [3.05, 3.63) is 21.6 Å². The van der Waals surface area contributed by atoms with Crippen LogP contribution >= 0.6 is 11.6 Å². The Hall–Kier alpha value is -1.11. The summed E-state index contributed by atoms with van der Waals surface area (Å²) in [5, 5.41) is 4.21. The number of morpholine rings is 1. The van der Waals surface area contributed by atoms with Gasteiger partial charge in [-0.15, -0.1) is 0 Å². The smallest absolute Gasteiger partial charge is 0.287 e. The molecule has 0 aromatic carbocycles. The highest BCUT2D eigenvalue weighted by Crippen LogP contribution is 2.24. The Morgan fingerprint density at radius 3 is 3.00 bits per heavy atom. The van der Waals surface area contributed by atoms with Gasteiger partial charge in [0.05, 0.1) is 30.7 Å². The zero-order valence-electron chi connectivity index (χ0n) is 11.3. The van der Waals surface area contributed by atoms with Gasteiger partial charge in [-0.25, -0.2) is 4.68 Å². The van der Waals surface area contributed by atoms with Crippen molar-refractivity contribution in [2.75, 3.05) is 31.7 Å². The Balaban J connectivity index is 2.26. The van der Waals surface area contributed by atoms with Crippen LogP contribution in [0.4, 0.5) is 5.69 Å². The van der Waals surface area contributed by atoms with E-state index in [0.717, 1.165) is 0 Å². The summed E-state index contributed by atoms with van der Waals surface area (Å²) in [6.45, 7) is 3.80. The van der Waals surface area contributed by atoms with Crippen LogP contribution in [0.5, 0.6) is 0 Å². The van der Waals surface area contributed by atoms with Crippen molar-refractivity contribution in [1.82, 2.24) is 9.78 Å². The number of ether oxygens (including phenoxy) is 2. The highest BCUT2D eigenvalue weighted by molar-refractivity contribution is 6.33. The Morgan fingerprint density at radius 1 is 1.58 bits per heavy atom. The van der Waals surface area contributed by atoms with E-state index in [1.54, 1.807) is 20.4 Å². The van der Waals surface area contributed by atoms with Gasteiger partial charge in [0, 0.05) is 27.2 Å². The Kier molecular flexibility index (Phi) is 4.44. The van der Waals surface area contributed by atoms with E-state index < -0.39 is 0 Å². The first-order valence-electron chi connectivity index (χ1n) is 6.14. The van der Waals surface area contributed by atoms with Gasteiger partial charge in [0.1, 0.15) is 5.02 Å². The number of nitrogens with zero attached hydrogens (tertiary/aromatic N) is 3. The number of hydrogen-bond acceptors (Lipinski definition) is 5. The summed E-state index contributed by atoms with van der Waals surface area (Å²) in [4.78, 5) is 13.8. The molecule has 6 nitrogen and oxygen atoms in total. The molecular formula is C12H18ClN3O3. The van der Waals surface area contributed by atoms with Crippen LogP contribution in [0.25, 0.3) is 0 Å². The van der Waals surface area contributed by atoms with Gasteiger partial charge in [0.15, 0.2) is 0 Å². The lowest BCUT2D eigenvalue weighted by Gasteiger charge is -2.37. The summed E-state index contributed by atoms with van der Waals surface area (Å²) in [6.07, 6.45) is 1.63. The monoisotopic (exact) mass is 287 g/mol. The maximum absolute atomic E-state index is 11.8. The molecule has 1 aliphatic rings. The van der Waals surface area contributed by atoms with Gasteiger partial charge in [-0.05, 0) is 6.92 Å². The van der Waals surface area contributed by atoms with Crippen molar-refractivity contribution in [3.63, 3.8) is 0 Å². The average molecular weight is 288 g/mol. The lowest BCUT2D eigenvalue weighted by Crippen LogP contribution is -2.48. The number of aromatic nitrogens is 2. The van der Waals surface area contributed by atoms with Crippen LogP contribution in [-0.2, 0) is 16.5 Å². The fraction of sp³-hybridized carbons (Fsp3) is 0.667. The third-order valence-electron chi connectivity index (χ3n) is 3.08. The molecule has 0 amide bonds. The molecule has 1 fully saturated rings. The summed E-state index contributed by atoms with van der Waals surface area (Å²) < 4.78 is 12.1. The number of methoxy groups -OCH3 is 1. The second kappa shape index (κ2) is 5.90. The normalized spacial score (nSPS) is 23.7. The van der Waals surface area contributed by atoms with Crippen molar-refractivity contribution < 1.29 is 9.47 Å². The minimum Gasteiger partial charge on any atom is -0.382 e. The van der Waals surface area contributed by atoms with Crippen LogP contribution in [0, 0.1) is 0 Å². The first-order valence-corrected chi connectivity index (χ1v) is 6.52. The predicted molar refractivity (Wildman–Crippen MR) is 72.9 cm³/mol. The van der Waals surface area contributed by atoms with Gasteiger partial charge in [-0.3, -0.25) is 4.79 Å². The van der Waals surface area contributed by atoms with E-state index in [1.807, 2.05) is 11.8 Å². The van der Waals surface area contributed by atoms with Crippen molar-refractivity contribution >= 4 is 17.3 Å². The summed E-state index contributed by atoms with van der Waals surface area (Å²) in [5.41, 5.74) is 0.364. The van der Waals surface area contributed by atoms with E-state index in [0.29, 0.717) is 25.4 Å². The second-order valence-electron chi connectivity index (χ2n) is 4.70. The molecule has 1 aromatic heterocycles. The Bertz CT molecular complexity index is 505. The molecule has 19 heavy (non-hydrogen) atoms. The van der Waals surface area contributed by atoms with Crippen LogP contribution in [0.15, 0.2) is 11.0 Å². The summed E-state index contributed by atoms with van der Waals surface area (Å²) in [7, 11) is 3.22. The molecule has 2 atom stereocenters. The number of rotatable bonds is 3. The highest BCUT2D eigenvalue weighted by Gasteiger charge is 2.27. The third-order valence-corrected chi connectivity index (χ3v) is 3.43. The molecule has 0 spiro atoms. The number of anilines is 1. The van der Waals surface area contributed by atoms with Gasteiger partial charge in [-0.2, -0.15) is 5.10 Å². The maximum Gasteiger partial charge on any atom is 0.287 e. The van der Waals surface area contributed by atoms with E-state index in [-0.39, 0.29) is 22.8 Å². The molecule has 0 saturated carbocycles. The fourth-order valence-corrected chi connectivity index (χ4v) is 2.53. The molecule has 2 rings (SSSR count). The van der Waals surface area contributed by atoms with Crippen LogP contribution in [-0.4, -0.2) is 48.8 Å². The standard InChI is InChI=1S/C12H18ClN3O3/c1-8-5-16(6-9(19-8)7-18-3)10-4-14-15(2)12(17)11(10)13/h4,8-9H,5-7H2,1-3H3. The molecule has 7 heteroatoms. The Labute approximate surface area is 116 Å². The first-order chi connectivity index (χ1) is 9.02. The summed E-state index contributed by atoms with van der Waals surface area (Å²) in [5.74, 6) is 0. The third kappa shape index (κ3) is 3.08. The molecular weight excluding hydrogens is 270 g/mol. The average Bonchev–Trinajstić information content (AvgIpc) is 2.36. The lowest BCUT2D eigenvalue weighted by molar-refractivity contribution is -0.0511. The lowest BCUT2D eigenvalue weighted by atomic mass is 10.2. The van der Waals surface area contributed by atoms with Gasteiger partial charge in [0.25, 0.3) is 5.56 Å². The van der Waals surface area contributed by atoms with E-state index in [1.165, 1.54) is 4.68 Å². The molecule has 2 unspecified atom stereocenters. The van der Waals surface area contributed by atoms with Crippen molar-refractivity contribution in [3.8, 4) is 0 Å². The van der Waals surface area contributed by atoms with Crippen LogP contribution in [0.2, 0.25) is 5.02 Å². The van der Waals surface area contributed by atoms with Crippen LogP contribution in [0.1, 0.15) is 6.92 Å². The molecule has 1 saturated heterocycles. The number of hydrogen-bond donors (Lipinski definition) is 0. The first kappa shape index (κ1) is 14.3. The van der Waals surface area contributed by atoms with Gasteiger partial charge in [-0.1, -0.05) is 11.6 Å². The van der Waals surface area contributed by atoms with Gasteiger partial charge >= 0.3 is 0 Å². The maximum atomic E-state index is 11.8. The second-order valence-corrected chi connectivity index (χ2v) is 5.08. The van der Waals surface area contributed by atoms with E-state index in [4.69, 9.17) is 21.1 Å². The molecule has 0 aliphatic carbocycles. The minimum atomic E-state index is -0.290. The molecule has 1 aromatic rings. The number of aryl methyl sites for hydroxylation is 1. The Morgan fingerprint density at radius 2 is 2.32 bits per heavy atom. The zero-order valence-corrected chi connectivity index (χ0v) is 12.1. The van der Waals surface area contributed by atoms with E-state index >= 15 is 0 Å². The molecule has 0 radical (unpaired) electrons. The van der Waals surface area contributed by atoms with E-state index in [2.05, 4.69) is 5.10 Å². The SMILES string of the molecule is COCC1CN(c2cnn(C)c(=O)c2Cl)CC(C)O1. The van der Waals surface area contributed by atoms with Gasteiger partial charge in [0.2, 0.25) is 0 Å². The molecule has 2 heterocycles.